The van der Waals surface area contributed by atoms with Crippen molar-refractivity contribution < 1.29 is 31.5 Å². The average molecular weight is 529 g/mol. The van der Waals surface area contributed by atoms with Gasteiger partial charge in [-0.25, -0.2) is 9.78 Å². The molecule has 2 heterocycles. The zero-order valence-corrected chi connectivity index (χ0v) is 20.7. The number of alkyl carbamates (subject to hydrolysis) is 1. The number of pyridine rings is 1. The summed E-state index contributed by atoms with van der Waals surface area (Å²) in [6.45, 7) is 1.52. The normalized spacial score (nSPS) is 14.8. The van der Waals surface area contributed by atoms with E-state index in [-0.39, 0.29) is 52.7 Å². The molecule has 0 bridgehead atoms. The van der Waals surface area contributed by atoms with E-state index in [4.69, 9.17) is 27.9 Å². The van der Waals surface area contributed by atoms with Gasteiger partial charge in [0.2, 0.25) is 5.91 Å². The quantitative estimate of drug-likeness (QED) is 0.371. The first-order chi connectivity index (χ1) is 15.9. The van der Waals surface area contributed by atoms with Gasteiger partial charge >= 0.3 is 6.09 Å². The van der Waals surface area contributed by atoms with Gasteiger partial charge in [-0.05, 0) is 37.0 Å². The summed E-state index contributed by atoms with van der Waals surface area (Å²) in [6.07, 6.45) is 1.97. The topological polar surface area (TPSA) is 101 Å². The molecule has 1 atom stereocenters. The van der Waals surface area contributed by atoms with E-state index in [9.17, 15) is 14.4 Å². The predicted octanol–water partition coefficient (Wildman–Crippen LogP) is 0.820. The maximum absolute atomic E-state index is 12.6. The van der Waals surface area contributed by atoms with Gasteiger partial charge in [0.15, 0.2) is 0 Å². The second-order valence-corrected chi connectivity index (χ2v) is 8.40. The second-order valence-electron chi connectivity index (χ2n) is 7.66. The summed E-state index contributed by atoms with van der Waals surface area (Å²) in [5, 5.41) is 5.73. The van der Waals surface area contributed by atoms with Crippen LogP contribution in [0.4, 0.5) is 4.79 Å². The molecule has 0 saturated carbocycles. The molecule has 1 aliphatic heterocycles. The van der Waals surface area contributed by atoms with Crippen LogP contribution in [0.1, 0.15) is 41.6 Å². The Morgan fingerprint density at radius 1 is 1.09 bits per heavy atom. The molecule has 2 aromatic rings. The lowest BCUT2D eigenvalue weighted by atomic mass is 10.2. The highest BCUT2D eigenvalue weighted by Gasteiger charge is 2.28. The molecule has 1 aromatic heterocycles. The highest BCUT2D eigenvalue weighted by molar-refractivity contribution is 6.34. The lowest BCUT2D eigenvalue weighted by molar-refractivity contribution is -0.132. The maximum Gasteiger partial charge on any atom is 0.407 e. The van der Waals surface area contributed by atoms with E-state index in [1.807, 2.05) is 30.3 Å². The molecule has 1 saturated heterocycles. The summed E-state index contributed by atoms with van der Waals surface area (Å²) < 4.78 is 5.15. The van der Waals surface area contributed by atoms with Crippen LogP contribution >= 0.6 is 23.2 Å². The number of benzene rings is 1. The van der Waals surface area contributed by atoms with Gasteiger partial charge in [0.1, 0.15) is 16.9 Å². The Hall–Kier alpha value is -2.55. The minimum Gasteiger partial charge on any atom is -1.00 e. The Morgan fingerprint density at radius 3 is 2.59 bits per heavy atom. The van der Waals surface area contributed by atoms with Crippen LogP contribution in [0.15, 0.2) is 42.5 Å². The van der Waals surface area contributed by atoms with Crippen molar-refractivity contribution in [2.24, 2.45) is 0 Å². The molecule has 1 aliphatic rings. The molecule has 3 amide bonds. The van der Waals surface area contributed by atoms with Crippen molar-refractivity contribution in [3.63, 3.8) is 0 Å². The van der Waals surface area contributed by atoms with Crippen LogP contribution in [0.5, 0.6) is 0 Å². The largest absolute Gasteiger partial charge is 1.00 e. The zero-order chi connectivity index (χ0) is 23.6. The molecule has 0 spiro atoms. The lowest BCUT2D eigenvalue weighted by Gasteiger charge is -2.25. The van der Waals surface area contributed by atoms with Crippen LogP contribution < -0.4 is 23.0 Å². The van der Waals surface area contributed by atoms with Gasteiger partial charge < -0.3 is 32.7 Å². The number of likely N-dealkylation sites (tertiary alicyclic amines) is 1. The number of hydrogen-bond acceptors (Lipinski definition) is 5. The van der Waals surface area contributed by atoms with E-state index >= 15 is 0 Å². The minimum absolute atomic E-state index is 0. The molecule has 8 nitrogen and oxygen atoms in total. The summed E-state index contributed by atoms with van der Waals surface area (Å²) in [5.41, 5.74) is 1.15. The summed E-state index contributed by atoms with van der Waals surface area (Å²) in [6, 6.07) is 12.3. The van der Waals surface area contributed by atoms with Crippen molar-refractivity contribution in [2.45, 2.75) is 38.3 Å². The van der Waals surface area contributed by atoms with Gasteiger partial charge in [-0.15, -0.1) is 0 Å². The highest BCUT2D eigenvalue weighted by atomic mass is 35.5. The van der Waals surface area contributed by atoms with Crippen molar-refractivity contribution in [1.29, 1.82) is 0 Å². The van der Waals surface area contributed by atoms with Crippen LogP contribution in [0, 0.1) is 0 Å². The number of nitrogens with one attached hydrogen (secondary N) is 2. The standard InChI is InChI=1S/C23H26Cl2N4O4.ClH/c24-19-11-10-18(21(25)28-19)22(31)27-14-17-8-5-13-29(17)20(30)9-4-12-26-23(32)33-15-16-6-2-1-3-7-16;/h1-3,6-7,10-11,17H,4-5,8-9,12-15H2,(H,26,32)(H,27,31);1H/p-1/t17-;/m1./s1. The summed E-state index contributed by atoms with van der Waals surface area (Å²) >= 11 is 11.7. The van der Waals surface area contributed by atoms with Gasteiger partial charge in [0.25, 0.3) is 5.91 Å². The second kappa shape index (κ2) is 14.0. The predicted molar refractivity (Wildman–Crippen MR) is 125 cm³/mol. The third kappa shape index (κ3) is 8.34. The molecular formula is C23H26Cl3N4O4-. The van der Waals surface area contributed by atoms with Crippen molar-refractivity contribution in [3.8, 4) is 0 Å². The Balaban J connectivity index is 0.00000408. The van der Waals surface area contributed by atoms with E-state index in [1.165, 1.54) is 12.1 Å². The first-order valence-electron chi connectivity index (χ1n) is 10.8. The fourth-order valence-electron chi connectivity index (χ4n) is 3.61. The van der Waals surface area contributed by atoms with Gasteiger partial charge in [-0.1, -0.05) is 53.5 Å². The van der Waals surface area contributed by atoms with Gasteiger partial charge in [0.05, 0.1) is 5.56 Å². The Morgan fingerprint density at radius 2 is 1.85 bits per heavy atom. The minimum atomic E-state index is -0.511. The lowest BCUT2D eigenvalue weighted by Crippen LogP contribution is -3.00. The van der Waals surface area contributed by atoms with E-state index < -0.39 is 6.09 Å². The van der Waals surface area contributed by atoms with Crippen LogP contribution in [-0.2, 0) is 16.1 Å². The molecule has 1 aromatic carbocycles. The van der Waals surface area contributed by atoms with Crippen molar-refractivity contribution in [1.82, 2.24) is 20.5 Å². The molecule has 0 radical (unpaired) electrons. The smallest absolute Gasteiger partial charge is 0.407 e. The molecule has 11 heteroatoms. The first-order valence-corrected chi connectivity index (χ1v) is 11.5. The molecule has 184 valence electrons. The number of halogens is 3. The number of ether oxygens (including phenoxy) is 1. The van der Waals surface area contributed by atoms with Crippen LogP contribution in [0.25, 0.3) is 0 Å². The first kappa shape index (κ1) is 27.7. The van der Waals surface area contributed by atoms with E-state index in [0.29, 0.717) is 32.5 Å². The number of aromatic nitrogens is 1. The molecule has 0 aliphatic carbocycles. The Kier molecular flexibility index (Phi) is 11.4. The molecule has 0 unspecified atom stereocenters. The molecule has 34 heavy (non-hydrogen) atoms. The third-order valence-corrected chi connectivity index (χ3v) is 5.80. The SMILES string of the molecule is O=C(NCCCC(=O)N1CCC[C@@H]1CNC(=O)c1ccc(Cl)nc1Cl)OCc1ccccc1.[Cl-]. The molecule has 1 fully saturated rings. The fourth-order valence-corrected chi connectivity index (χ4v) is 4.04. The summed E-state index contributed by atoms with van der Waals surface area (Å²) in [7, 11) is 0. The molecule has 2 N–H and O–H groups in total. The maximum atomic E-state index is 12.6. The number of nitrogens with zero attached hydrogens (tertiary/aromatic N) is 2. The average Bonchev–Trinajstić information content (AvgIpc) is 3.28. The number of amides is 3. The Labute approximate surface area is 214 Å². The number of rotatable bonds is 9. The van der Waals surface area contributed by atoms with E-state index in [0.717, 1.165) is 18.4 Å². The van der Waals surface area contributed by atoms with Crippen LogP contribution in [-0.4, -0.2) is 53.5 Å². The van der Waals surface area contributed by atoms with Crippen molar-refractivity contribution >= 4 is 41.1 Å². The number of carbonyl (C=O) groups excluding carboxylic acids is 3. The zero-order valence-electron chi connectivity index (χ0n) is 18.4. The van der Waals surface area contributed by atoms with Crippen molar-refractivity contribution in [3.05, 3.63) is 63.9 Å². The number of carbonyl (C=O) groups is 3. The van der Waals surface area contributed by atoms with Gasteiger partial charge in [-0.3, -0.25) is 9.59 Å². The Bertz CT molecular complexity index is 978. The van der Waals surface area contributed by atoms with Crippen molar-refractivity contribution in [2.75, 3.05) is 19.6 Å². The van der Waals surface area contributed by atoms with Crippen LogP contribution in [0.3, 0.4) is 0 Å². The van der Waals surface area contributed by atoms with Gasteiger partial charge in [-0.2, -0.15) is 0 Å². The third-order valence-electron chi connectivity index (χ3n) is 5.30. The van der Waals surface area contributed by atoms with E-state index in [2.05, 4.69) is 15.6 Å². The molecular weight excluding hydrogens is 503 g/mol. The van der Waals surface area contributed by atoms with Gasteiger partial charge in [0, 0.05) is 32.1 Å². The summed E-state index contributed by atoms with van der Waals surface area (Å²) in [5.74, 6) is -0.362. The fraction of sp³-hybridized carbons (Fsp3) is 0.391. The summed E-state index contributed by atoms with van der Waals surface area (Å²) in [4.78, 5) is 42.5. The monoisotopic (exact) mass is 527 g/mol. The molecule has 3 rings (SSSR count). The van der Waals surface area contributed by atoms with E-state index in [1.54, 1.807) is 4.90 Å². The number of hydrogen-bond donors (Lipinski definition) is 2. The van der Waals surface area contributed by atoms with Crippen LogP contribution in [0.2, 0.25) is 10.3 Å². The highest BCUT2D eigenvalue weighted by Crippen LogP contribution is 2.19.